The highest BCUT2D eigenvalue weighted by Gasteiger charge is 2.24. The number of anilines is 1. The van der Waals surface area contributed by atoms with Gasteiger partial charge in [0.05, 0.1) is 28.2 Å². The number of hydrogen-bond acceptors (Lipinski definition) is 5. The van der Waals surface area contributed by atoms with Crippen molar-refractivity contribution >= 4 is 32.7 Å². The third kappa shape index (κ3) is 4.80. The Morgan fingerprint density at radius 3 is 2.45 bits per heavy atom. The van der Waals surface area contributed by atoms with Crippen LogP contribution in [0.1, 0.15) is 21.7 Å². The van der Waals surface area contributed by atoms with Gasteiger partial charge in [-0.2, -0.15) is 0 Å². The van der Waals surface area contributed by atoms with E-state index in [-0.39, 0.29) is 10.8 Å². The number of imidazole rings is 1. The molecule has 0 radical (unpaired) electrons. The number of aromatic nitrogens is 2. The van der Waals surface area contributed by atoms with Gasteiger partial charge in [0.1, 0.15) is 18.2 Å². The van der Waals surface area contributed by atoms with Gasteiger partial charge in [0.15, 0.2) is 0 Å². The topological polar surface area (TPSA) is 95.6 Å². The molecule has 1 aliphatic rings. The predicted molar refractivity (Wildman–Crippen MR) is 155 cm³/mol. The molecule has 0 aliphatic carbocycles. The lowest BCUT2D eigenvalue weighted by Crippen LogP contribution is -2.32. The van der Waals surface area contributed by atoms with E-state index in [1.54, 1.807) is 59.5 Å². The van der Waals surface area contributed by atoms with Crippen molar-refractivity contribution in [1.29, 1.82) is 0 Å². The van der Waals surface area contributed by atoms with Gasteiger partial charge in [-0.3, -0.25) is 9.10 Å². The van der Waals surface area contributed by atoms with Crippen LogP contribution in [0.3, 0.4) is 0 Å². The van der Waals surface area contributed by atoms with E-state index in [1.165, 1.54) is 11.4 Å². The number of carbonyl (C=O) groups excluding carboxylic acids is 1. The van der Waals surface area contributed by atoms with E-state index < -0.39 is 10.0 Å². The van der Waals surface area contributed by atoms with Crippen LogP contribution in [-0.4, -0.2) is 49.4 Å². The number of hydrogen-bond donors (Lipinski definition) is 1. The molecule has 1 aromatic heterocycles. The molecule has 4 aromatic carbocycles. The molecule has 0 unspecified atom stereocenters. The highest BCUT2D eigenvalue weighted by molar-refractivity contribution is 7.92. The van der Waals surface area contributed by atoms with Crippen LogP contribution < -0.4 is 9.04 Å². The van der Waals surface area contributed by atoms with E-state index in [0.29, 0.717) is 30.9 Å². The van der Waals surface area contributed by atoms with Crippen LogP contribution in [0.25, 0.3) is 22.2 Å². The summed E-state index contributed by atoms with van der Waals surface area (Å²) in [5.41, 5.74) is 5.85. The van der Waals surface area contributed by atoms with Gasteiger partial charge in [0, 0.05) is 24.7 Å². The molecular weight excluding hydrogens is 524 g/mol. The van der Waals surface area contributed by atoms with Crippen LogP contribution in [0.2, 0.25) is 0 Å². The minimum atomic E-state index is -3.71. The molecule has 9 heteroatoms. The first-order valence-electron chi connectivity index (χ1n) is 13.0. The van der Waals surface area contributed by atoms with Gasteiger partial charge in [0.25, 0.3) is 15.9 Å². The lowest BCUT2D eigenvalue weighted by Gasteiger charge is -2.22. The molecule has 1 amide bonds. The van der Waals surface area contributed by atoms with Crippen molar-refractivity contribution in [3.8, 4) is 16.9 Å². The second-order valence-electron chi connectivity index (χ2n) is 9.78. The summed E-state index contributed by atoms with van der Waals surface area (Å²) < 4.78 is 33.2. The molecule has 8 nitrogen and oxygen atoms in total. The first-order valence-corrected chi connectivity index (χ1v) is 14.4. The largest absolute Gasteiger partial charge is 0.491 e. The van der Waals surface area contributed by atoms with Gasteiger partial charge in [-0.05, 0) is 78.7 Å². The Labute approximate surface area is 232 Å². The van der Waals surface area contributed by atoms with Crippen molar-refractivity contribution in [2.24, 2.45) is 0 Å². The maximum atomic E-state index is 13.5. The molecule has 0 atom stereocenters. The first kappa shape index (κ1) is 25.6. The van der Waals surface area contributed by atoms with Gasteiger partial charge < -0.3 is 14.6 Å². The molecule has 0 saturated heterocycles. The smallest absolute Gasteiger partial charge is 0.264 e. The van der Waals surface area contributed by atoms with E-state index in [9.17, 15) is 13.2 Å². The van der Waals surface area contributed by atoms with E-state index in [2.05, 4.69) is 22.1 Å². The molecule has 202 valence electrons. The molecule has 6 rings (SSSR count). The number of amides is 1. The number of sulfonamides is 1. The standard InChI is InChI=1S/C31H28N4O4S/c1-21-32-28-14-10-24(19-29(28)33-21)23-11-15-30-25(18-23)20-35(16-17-39-30)31(36)22-8-12-26(13-9-22)34(2)40(37,38)27-6-4-3-5-7-27/h3-15,18-19H,16-17,20H2,1-2H3,(H,32,33). The third-order valence-corrected chi connectivity index (χ3v) is 8.94. The summed E-state index contributed by atoms with van der Waals surface area (Å²) in [6.45, 7) is 3.15. The third-order valence-electron chi connectivity index (χ3n) is 7.14. The summed E-state index contributed by atoms with van der Waals surface area (Å²) in [5, 5.41) is 0. The second kappa shape index (κ2) is 10.2. The van der Waals surface area contributed by atoms with Crippen molar-refractivity contribution in [2.45, 2.75) is 18.4 Å². The number of H-pyrrole nitrogens is 1. The van der Waals surface area contributed by atoms with E-state index in [0.717, 1.165) is 39.3 Å². The lowest BCUT2D eigenvalue weighted by molar-refractivity contribution is 0.0733. The van der Waals surface area contributed by atoms with Crippen LogP contribution in [0.5, 0.6) is 5.75 Å². The minimum absolute atomic E-state index is 0.142. The van der Waals surface area contributed by atoms with Crippen molar-refractivity contribution in [3.05, 3.63) is 108 Å². The van der Waals surface area contributed by atoms with Crippen LogP contribution >= 0.6 is 0 Å². The molecule has 0 bridgehead atoms. The van der Waals surface area contributed by atoms with Gasteiger partial charge in [-0.1, -0.05) is 30.3 Å². The number of fused-ring (bicyclic) bond motifs is 2. The van der Waals surface area contributed by atoms with Gasteiger partial charge >= 0.3 is 0 Å². The van der Waals surface area contributed by atoms with Gasteiger partial charge in [-0.15, -0.1) is 0 Å². The zero-order valence-electron chi connectivity index (χ0n) is 22.2. The van der Waals surface area contributed by atoms with Gasteiger partial charge in [-0.25, -0.2) is 13.4 Å². The SMILES string of the molecule is Cc1nc2ccc(-c3ccc4c(c3)CN(C(=O)c3ccc(N(C)S(=O)(=O)c5ccccc5)cc3)CCO4)cc2[nH]1. The Morgan fingerprint density at radius 1 is 0.950 bits per heavy atom. The summed E-state index contributed by atoms with van der Waals surface area (Å²) in [5.74, 6) is 1.49. The van der Waals surface area contributed by atoms with Crippen molar-refractivity contribution < 1.29 is 17.9 Å². The van der Waals surface area contributed by atoms with Crippen molar-refractivity contribution in [3.63, 3.8) is 0 Å². The van der Waals surface area contributed by atoms with E-state index in [1.807, 2.05) is 31.2 Å². The Balaban J connectivity index is 1.22. The number of carbonyl (C=O) groups is 1. The van der Waals surface area contributed by atoms with E-state index in [4.69, 9.17) is 4.74 Å². The molecule has 0 saturated carbocycles. The second-order valence-corrected chi connectivity index (χ2v) is 11.8. The quantitative estimate of drug-likeness (QED) is 0.315. The zero-order chi connectivity index (χ0) is 27.9. The maximum Gasteiger partial charge on any atom is 0.264 e. The van der Waals surface area contributed by atoms with Crippen LogP contribution in [0, 0.1) is 6.92 Å². The summed E-state index contributed by atoms with van der Waals surface area (Å²) in [6.07, 6.45) is 0. The normalized spacial score (nSPS) is 13.4. The molecule has 0 spiro atoms. The monoisotopic (exact) mass is 552 g/mol. The molecule has 2 heterocycles. The molecule has 5 aromatic rings. The number of aryl methyl sites for hydroxylation is 1. The molecule has 1 aliphatic heterocycles. The Hall–Kier alpha value is -4.63. The van der Waals surface area contributed by atoms with Crippen molar-refractivity contribution in [2.75, 3.05) is 24.5 Å². The number of ether oxygens (including phenoxy) is 1. The highest BCUT2D eigenvalue weighted by atomic mass is 32.2. The maximum absolute atomic E-state index is 13.5. The fraction of sp³-hybridized carbons (Fsp3) is 0.161. The number of benzene rings is 4. The summed E-state index contributed by atoms with van der Waals surface area (Å²) in [6, 6.07) is 27.1. The van der Waals surface area contributed by atoms with Gasteiger partial charge in [0.2, 0.25) is 0 Å². The summed E-state index contributed by atoms with van der Waals surface area (Å²) in [7, 11) is -2.20. The summed E-state index contributed by atoms with van der Waals surface area (Å²) >= 11 is 0. The lowest BCUT2D eigenvalue weighted by atomic mass is 10.0. The van der Waals surface area contributed by atoms with Crippen LogP contribution in [0.15, 0.2) is 95.9 Å². The minimum Gasteiger partial charge on any atom is -0.491 e. The Bertz CT molecular complexity index is 1820. The fourth-order valence-electron chi connectivity index (χ4n) is 4.95. The molecule has 1 N–H and O–H groups in total. The Kier molecular flexibility index (Phi) is 6.51. The van der Waals surface area contributed by atoms with Crippen LogP contribution in [0.4, 0.5) is 5.69 Å². The summed E-state index contributed by atoms with van der Waals surface area (Å²) in [4.78, 5) is 23.2. The number of aromatic amines is 1. The van der Waals surface area contributed by atoms with E-state index >= 15 is 0 Å². The fourth-order valence-corrected chi connectivity index (χ4v) is 6.17. The predicted octanol–water partition coefficient (Wildman–Crippen LogP) is 5.40. The Morgan fingerprint density at radius 2 is 1.68 bits per heavy atom. The molecule has 0 fully saturated rings. The highest BCUT2D eigenvalue weighted by Crippen LogP contribution is 2.31. The number of rotatable bonds is 5. The zero-order valence-corrected chi connectivity index (χ0v) is 23.0. The number of nitrogens with zero attached hydrogens (tertiary/aromatic N) is 3. The van der Waals surface area contributed by atoms with Crippen molar-refractivity contribution in [1.82, 2.24) is 14.9 Å². The molecular formula is C31H28N4O4S. The average Bonchev–Trinajstić information content (AvgIpc) is 3.22. The first-order chi connectivity index (χ1) is 19.3. The van der Waals surface area contributed by atoms with Crippen LogP contribution in [-0.2, 0) is 16.6 Å². The average molecular weight is 553 g/mol. The number of nitrogens with one attached hydrogen (secondary N) is 1. The molecule has 40 heavy (non-hydrogen) atoms.